The van der Waals surface area contributed by atoms with Gasteiger partial charge in [-0.25, -0.2) is 0 Å². The minimum atomic E-state index is 1.03. The normalized spacial score (nSPS) is 11.5. The Labute approximate surface area is 286 Å². The third-order valence-corrected chi connectivity index (χ3v) is 10.4. The molecule has 0 N–H and O–H groups in total. The number of hydrogen-bond donors (Lipinski definition) is 0. The summed E-state index contributed by atoms with van der Waals surface area (Å²) in [4.78, 5) is 0. The van der Waals surface area contributed by atoms with Gasteiger partial charge in [0.2, 0.25) is 0 Å². The van der Waals surface area contributed by atoms with Gasteiger partial charge in [-0.3, -0.25) is 0 Å². The van der Waals surface area contributed by atoms with Gasteiger partial charge >= 0.3 is 0 Å². The predicted molar refractivity (Wildman–Crippen MR) is 207 cm³/mol. The van der Waals surface area contributed by atoms with Crippen LogP contribution in [0.1, 0.15) is 242 Å². The van der Waals surface area contributed by atoms with Gasteiger partial charge in [0.05, 0.1) is 0 Å². The van der Waals surface area contributed by atoms with E-state index in [1.165, 1.54) is 225 Å². The first-order valence-corrected chi connectivity index (χ1v) is 21.2. The van der Waals surface area contributed by atoms with Crippen LogP contribution in [0.4, 0.5) is 0 Å². The van der Waals surface area contributed by atoms with Crippen molar-refractivity contribution < 1.29 is 0 Å². The van der Waals surface area contributed by atoms with Crippen LogP contribution in [0.3, 0.4) is 0 Å². The smallest absolute Gasteiger partial charge is 0.0273 e. The van der Waals surface area contributed by atoms with E-state index in [0.717, 1.165) is 6.42 Å². The summed E-state index contributed by atoms with van der Waals surface area (Å²) in [5.41, 5.74) is 4.94. The lowest BCUT2D eigenvalue weighted by molar-refractivity contribution is 0.529. The van der Waals surface area contributed by atoms with Crippen molar-refractivity contribution in [3.63, 3.8) is 0 Å². The molecule has 0 aliphatic rings. The first kappa shape index (κ1) is 42.2. The molecule has 0 nitrogen and oxygen atoms in total. The van der Waals surface area contributed by atoms with Gasteiger partial charge < -0.3 is 0 Å². The van der Waals surface area contributed by atoms with Crippen LogP contribution in [0.2, 0.25) is 0 Å². The molecule has 0 saturated carbocycles. The van der Waals surface area contributed by atoms with Crippen LogP contribution in [-0.2, 0) is 19.3 Å². The second-order valence-corrected chi connectivity index (χ2v) is 14.8. The number of rotatable bonds is 36. The van der Waals surface area contributed by atoms with E-state index >= 15 is 0 Å². The first-order valence-electron chi connectivity index (χ1n) is 21.2. The van der Waals surface area contributed by atoms with E-state index in [9.17, 15) is 0 Å². The maximum absolute atomic E-state index is 4.22. The highest BCUT2D eigenvalue weighted by Crippen LogP contribution is 2.23. The maximum Gasteiger partial charge on any atom is -0.0273 e. The Morgan fingerprint density at radius 1 is 0.333 bits per heavy atom. The predicted octanol–water partition coefficient (Wildman–Crippen LogP) is 16.1. The second kappa shape index (κ2) is 34.6. The third kappa shape index (κ3) is 26.9. The summed E-state index contributed by atoms with van der Waals surface area (Å²) < 4.78 is 0. The Kier molecular flexibility index (Phi) is 32.4. The molecule has 0 aliphatic carbocycles. The van der Waals surface area contributed by atoms with Crippen molar-refractivity contribution >= 4 is 0 Å². The minimum absolute atomic E-state index is 1.03. The average molecular weight is 624 g/mol. The van der Waals surface area contributed by atoms with Crippen LogP contribution < -0.4 is 0 Å². The molecule has 1 rings (SSSR count). The number of benzene rings is 1. The second-order valence-electron chi connectivity index (χ2n) is 14.8. The van der Waals surface area contributed by atoms with Crippen molar-refractivity contribution in [3.05, 3.63) is 41.8 Å². The fraction of sp³-hybridized carbons (Fsp3) is 0.844. The lowest BCUT2D eigenvalue weighted by Gasteiger charge is -2.15. The highest BCUT2D eigenvalue weighted by atomic mass is 14.1. The Morgan fingerprint density at radius 2 is 0.578 bits per heavy atom. The van der Waals surface area contributed by atoms with E-state index in [1.54, 1.807) is 16.7 Å². The van der Waals surface area contributed by atoms with Crippen LogP contribution >= 0.6 is 0 Å². The Morgan fingerprint density at radius 3 is 0.822 bits per heavy atom. The van der Waals surface area contributed by atoms with Crippen molar-refractivity contribution in [2.24, 2.45) is 0 Å². The molecule has 0 aromatic heterocycles. The summed E-state index contributed by atoms with van der Waals surface area (Å²) in [5, 5.41) is 0. The summed E-state index contributed by atoms with van der Waals surface area (Å²) in [6.07, 6.45) is 51.0. The molecule has 0 spiro atoms. The van der Waals surface area contributed by atoms with E-state index in [1.807, 2.05) is 0 Å². The fourth-order valence-corrected chi connectivity index (χ4v) is 7.38. The third-order valence-electron chi connectivity index (χ3n) is 10.4. The Bertz CT molecular complexity index is 648. The first-order chi connectivity index (χ1) is 22.3. The van der Waals surface area contributed by atoms with Crippen molar-refractivity contribution in [1.82, 2.24) is 0 Å². The topological polar surface area (TPSA) is 0 Å². The van der Waals surface area contributed by atoms with E-state index < -0.39 is 0 Å². The number of aryl methyl sites for hydroxylation is 2. The van der Waals surface area contributed by atoms with Gasteiger partial charge in [-0.2, -0.15) is 0 Å². The average Bonchev–Trinajstić information content (AvgIpc) is 3.05. The molecular weight excluding hydrogens is 540 g/mol. The van der Waals surface area contributed by atoms with E-state index in [2.05, 4.69) is 39.0 Å². The molecule has 263 valence electrons. The molecular formula is C45H83. The molecule has 45 heavy (non-hydrogen) atoms. The molecule has 0 saturated heterocycles. The van der Waals surface area contributed by atoms with Gasteiger partial charge in [0.15, 0.2) is 0 Å². The van der Waals surface area contributed by atoms with Crippen LogP contribution in [-0.4, -0.2) is 0 Å². The van der Waals surface area contributed by atoms with E-state index in [-0.39, 0.29) is 0 Å². The van der Waals surface area contributed by atoms with Gasteiger partial charge in [0.1, 0.15) is 0 Å². The van der Waals surface area contributed by atoms with Crippen molar-refractivity contribution in [1.29, 1.82) is 0 Å². The highest BCUT2D eigenvalue weighted by Gasteiger charge is 2.08. The fourth-order valence-electron chi connectivity index (χ4n) is 7.38. The van der Waals surface area contributed by atoms with E-state index in [0.29, 0.717) is 0 Å². The van der Waals surface area contributed by atoms with Crippen LogP contribution in [0, 0.1) is 6.92 Å². The SMILES string of the molecule is [CH2]CCc1c(CCCCCCCCCCCCCCCCCC)cccc1CCCCCCCCCCCCCCCCCC. The molecule has 0 heteroatoms. The van der Waals surface area contributed by atoms with Gasteiger partial charge in [0.25, 0.3) is 0 Å². The van der Waals surface area contributed by atoms with Crippen molar-refractivity contribution in [2.75, 3.05) is 0 Å². The number of hydrogen-bond acceptors (Lipinski definition) is 0. The highest BCUT2D eigenvalue weighted by molar-refractivity contribution is 5.36. The maximum atomic E-state index is 4.22. The lowest BCUT2D eigenvalue weighted by atomic mass is 9.91. The van der Waals surface area contributed by atoms with Crippen LogP contribution in [0.25, 0.3) is 0 Å². The summed E-state index contributed by atoms with van der Waals surface area (Å²) in [6.45, 7) is 8.84. The zero-order chi connectivity index (χ0) is 32.3. The minimum Gasteiger partial charge on any atom is -0.0654 e. The summed E-state index contributed by atoms with van der Waals surface area (Å²) in [5.74, 6) is 0. The molecule has 0 heterocycles. The summed E-state index contributed by atoms with van der Waals surface area (Å²) in [6, 6.07) is 7.19. The molecule has 0 fully saturated rings. The zero-order valence-electron chi connectivity index (χ0n) is 31.4. The summed E-state index contributed by atoms with van der Waals surface area (Å²) in [7, 11) is 0. The Hall–Kier alpha value is -0.780. The zero-order valence-corrected chi connectivity index (χ0v) is 31.4. The van der Waals surface area contributed by atoms with Gasteiger partial charge in [-0.15, -0.1) is 0 Å². The molecule has 0 bridgehead atoms. The van der Waals surface area contributed by atoms with Crippen LogP contribution in [0.5, 0.6) is 0 Å². The monoisotopic (exact) mass is 624 g/mol. The molecule has 0 atom stereocenters. The molecule has 1 aromatic rings. The Balaban J connectivity index is 2.03. The van der Waals surface area contributed by atoms with Gasteiger partial charge in [-0.1, -0.05) is 232 Å². The van der Waals surface area contributed by atoms with Gasteiger partial charge in [0, 0.05) is 0 Å². The standard InChI is InChI=1S/C45H83/c1-4-7-9-11-13-15-17-19-21-23-25-27-29-31-33-35-39-43-41-37-42-44(45(43)38-6-3)40-36-34-32-30-28-26-24-22-20-18-16-14-12-10-8-5-2/h37,41-42H,3-36,38-40H2,1-2H3. The number of unbranched alkanes of at least 4 members (excludes halogenated alkanes) is 30. The van der Waals surface area contributed by atoms with Crippen LogP contribution in [0.15, 0.2) is 18.2 Å². The van der Waals surface area contributed by atoms with Crippen molar-refractivity contribution in [2.45, 2.75) is 245 Å². The largest absolute Gasteiger partial charge is 0.0654 e. The summed E-state index contributed by atoms with van der Waals surface area (Å²) >= 11 is 0. The van der Waals surface area contributed by atoms with E-state index in [4.69, 9.17) is 0 Å². The molecule has 0 unspecified atom stereocenters. The lowest BCUT2D eigenvalue weighted by Crippen LogP contribution is -2.01. The molecule has 1 aromatic carbocycles. The molecule has 0 amide bonds. The van der Waals surface area contributed by atoms with Crippen molar-refractivity contribution in [3.8, 4) is 0 Å². The molecule has 1 radical (unpaired) electrons. The van der Waals surface area contributed by atoms with Gasteiger partial charge in [-0.05, 0) is 55.2 Å². The molecule has 0 aliphatic heterocycles. The quantitative estimate of drug-likeness (QED) is 0.0652.